The predicted molar refractivity (Wildman–Crippen MR) is 75.0 cm³/mol. The van der Waals surface area contributed by atoms with Gasteiger partial charge in [-0.05, 0) is 25.7 Å². The van der Waals surface area contributed by atoms with Gasteiger partial charge in [0.15, 0.2) is 0 Å². The van der Waals surface area contributed by atoms with Crippen molar-refractivity contribution in [1.82, 2.24) is 10.2 Å². The number of carbonyl (C=O) groups is 2. The van der Waals surface area contributed by atoms with Crippen molar-refractivity contribution in [2.75, 3.05) is 39.4 Å². The van der Waals surface area contributed by atoms with Crippen molar-refractivity contribution in [3.8, 4) is 0 Å². The van der Waals surface area contributed by atoms with E-state index in [4.69, 9.17) is 14.6 Å². The van der Waals surface area contributed by atoms with Gasteiger partial charge in [-0.2, -0.15) is 0 Å². The lowest BCUT2D eigenvalue weighted by atomic mass is 10.1. The molecule has 2 rings (SSSR count). The van der Waals surface area contributed by atoms with Crippen LogP contribution in [0.25, 0.3) is 0 Å². The highest BCUT2D eigenvalue weighted by Crippen LogP contribution is 2.13. The summed E-state index contributed by atoms with van der Waals surface area (Å²) in [7, 11) is 0. The van der Waals surface area contributed by atoms with E-state index in [1.165, 1.54) is 0 Å². The van der Waals surface area contributed by atoms with Gasteiger partial charge in [0.2, 0.25) is 5.91 Å². The predicted octanol–water partition coefficient (Wildman–Crippen LogP) is -0.153. The van der Waals surface area contributed by atoms with Crippen LogP contribution in [0, 0.1) is 0 Å². The van der Waals surface area contributed by atoms with Gasteiger partial charge in [-0.1, -0.05) is 0 Å². The molecule has 120 valence electrons. The van der Waals surface area contributed by atoms with Gasteiger partial charge in [-0.3, -0.25) is 9.69 Å². The number of likely N-dealkylation sites (tertiary alicyclic amines) is 1. The number of carboxylic acids is 1. The number of carboxylic acid groups (broad SMARTS) is 1. The van der Waals surface area contributed by atoms with Crippen LogP contribution in [0.4, 0.5) is 0 Å². The van der Waals surface area contributed by atoms with Crippen molar-refractivity contribution in [3.05, 3.63) is 0 Å². The minimum absolute atomic E-state index is 0.00713. The standard InChI is InChI=1S/C14H24N2O5/c17-13(15-8-12-2-1-7-20-12)9-16-5-3-11(4-6-16)21-10-14(18)19/h11-12H,1-10H2,(H,15,17)(H,18,19). The molecule has 0 aromatic rings. The van der Waals surface area contributed by atoms with Crippen molar-refractivity contribution in [2.45, 2.75) is 37.9 Å². The number of nitrogens with zero attached hydrogens (tertiary/aromatic N) is 1. The number of rotatable bonds is 7. The number of hydrogen-bond acceptors (Lipinski definition) is 5. The molecule has 0 radical (unpaired) electrons. The fourth-order valence-electron chi connectivity index (χ4n) is 2.72. The van der Waals surface area contributed by atoms with Gasteiger partial charge < -0.3 is 19.9 Å². The van der Waals surface area contributed by atoms with Crippen LogP contribution >= 0.6 is 0 Å². The Morgan fingerprint density at radius 1 is 1.29 bits per heavy atom. The van der Waals surface area contributed by atoms with E-state index in [1.807, 2.05) is 0 Å². The zero-order valence-electron chi connectivity index (χ0n) is 12.3. The van der Waals surface area contributed by atoms with E-state index in [2.05, 4.69) is 10.2 Å². The van der Waals surface area contributed by atoms with Crippen LogP contribution in [0.1, 0.15) is 25.7 Å². The van der Waals surface area contributed by atoms with Crippen LogP contribution in [0.15, 0.2) is 0 Å². The molecule has 7 nitrogen and oxygen atoms in total. The van der Waals surface area contributed by atoms with Crippen LogP contribution in [0.3, 0.4) is 0 Å². The first kappa shape index (κ1) is 16.2. The summed E-state index contributed by atoms with van der Waals surface area (Å²) in [5.74, 6) is -0.915. The largest absolute Gasteiger partial charge is 0.480 e. The maximum Gasteiger partial charge on any atom is 0.329 e. The highest BCUT2D eigenvalue weighted by molar-refractivity contribution is 5.78. The molecule has 2 saturated heterocycles. The van der Waals surface area contributed by atoms with Crippen LogP contribution in [-0.4, -0.2) is 73.5 Å². The third-order valence-electron chi connectivity index (χ3n) is 3.90. The summed E-state index contributed by atoms with van der Waals surface area (Å²) in [5.41, 5.74) is 0. The molecule has 21 heavy (non-hydrogen) atoms. The second kappa shape index (κ2) is 8.31. The molecule has 2 N–H and O–H groups in total. The Bertz CT molecular complexity index is 349. The Kier molecular flexibility index (Phi) is 6.41. The Balaban J connectivity index is 1.57. The molecule has 2 fully saturated rings. The molecule has 0 spiro atoms. The minimum Gasteiger partial charge on any atom is -0.480 e. The highest BCUT2D eigenvalue weighted by atomic mass is 16.5. The maximum absolute atomic E-state index is 11.8. The second-order valence-electron chi connectivity index (χ2n) is 5.62. The van der Waals surface area contributed by atoms with Crippen molar-refractivity contribution >= 4 is 11.9 Å². The molecule has 1 amide bonds. The quantitative estimate of drug-likeness (QED) is 0.680. The lowest BCUT2D eigenvalue weighted by Crippen LogP contribution is -2.44. The fraction of sp³-hybridized carbons (Fsp3) is 0.857. The SMILES string of the molecule is O=C(O)COC1CCN(CC(=O)NCC2CCCO2)CC1. The summed E-state index contributed by atoms with van der Waals surface area (Å²) in [4.78, 5) is 24.4. The number of hydrogen-bond donors (Lipinski definition) is 2. The summed E-state index contributed by atoms with van der Waals surface area (Å²) in [6.45, 7) is 3.06. The molecule has 0 aromatic carbocycles. The Morgan fingerprint density at radius 3 is 2.67 bits per heavy atom. The van der Waals surface area contributed by atoms with Crippen LogP contribution in [0.5, 0.6) is 0 Å². The molecule has 2 heterocycles. The summed E-state index contributed by atoms with van der Waals surface area (Å²) in [6, 6.07) is 0. The zero-order valence-corrected chi connectivity index (χ0v) is 12.3. The van der Waals surface area contributed by atoms with E-state index >= 15 is 0 Å². The summed E-state index contributed by atoms with van der Waals surface area (Å²) < 4.78 is 10.7. The van der Waals surface area contributed by atoms with Crippen molar-refractivity contribution < 1.29 is 24.2 Å². The zero-order chi connectivity index (χ0) is 15.1. The molecular weight excluding hydrogens is 276 g/mol. The average molecular weight is 300 g/mol. The Morgan fingerprint density at radius 2 is 2.05 bits per heavy atom. The molecule has 0 saturated carbocycles. The number of nitrogens with one attached hydrogen (secondary N) is 1. The van der Waals surface area contributed by atoms with Gasteiger partial charge in [0, 0.05) is 26.2 Å². The number of amides is 1. The van der Waals surface area contributed by atoms with Crippen molar-refractivity contribution in [1.29, 1.82) is 0 Å². The monoisotopic (exact) mass is 300 g/mol. The Labute approximate surface area is 124 Å². The molecular formula is C14H24N2O5. The molecule has 0 aliphatic carbocycles. The van der Waals surface area contributed by atoms with E-state index in [1.54, 1.807) is 0 Å². The van der Waals surface area contributed by atoms with Gasteiger partial charge in [0.05, 0.1) is 18.8 Å². The molecule has 1 atom stereocenters. The maximum atomic E-state index is 11.8. The summed E-state index contributed by atoms with van der Waals surface area (Å²) >= 11 is 0. The first-order valence-corrected chi connectivity index (χ1v) is 7.57. The minimum atomic E-state index is -0.939. The lowest BCUT2D eigenvalue weighted by Gasteiger charge is -2.31. The average Bonchev–Trinajstić information content (AvgIpc) is 2.98. The second-order valence-corrected chi connectivity index (χ2v) is 5.62. The van der Waals surface area contributed by atoms with E-state index in [-0.39, 0.29) is 24.7 Å². The van der Waals surface area contributed by atoms with Crippen LogP contribution < -0.4 is 5.32 Å². The Hall–Kier alpha value is -1.18. The number of ether oxygens (including phenoxy) is 2. The summed E-state index contributed by atoms with van der Waals surface area (Å²) in [6.07, 6.45) is 3.80. The summed E-state index contributed by atoms with van der Waals surface area (Å²) in [5, 5.41) is 11.5. The van der Waals surface area contributed by atoms with E-state index in [0.29, 0.717) is 13.1 Å². The van der Waals surface area contributed by atoms with Crippen molar-refractivity contribution in [2.24, 2.45) is 0 Å². The highest BCUT2D eigenvalue weighted by Gasteiger charge is 2.22. The molecule has 0 bridgehead atoms. The smallest absolute Gasteiger partial charge is 0.329 e. The first-order valence-electron chi connectivity index (χ1n) is 7.57. The van der Waals surface area contributed by atoms with E-state index < -0.39 is 5.97 Å². The van der Waals surface area contributed by atoms with Gasteiger partial charge in [-0.15, -0.1) is 0 Å². The van der Waals surface area contributed by atoms with Gasteiger partial charge in [0.25, 0.3) is 0 Å². The van der Waals surface area contributed by atoms with E-state index in [0.717, 1.165) is 45.4 Å². The topological polar surface area (TPSA) is 88.1 Å². The molecule has 7 heteroatoms. The number of aliphatic carboxylic acids is 1. The molecule has 1 unspecified atom stereocenters. The fourth-order valence-corrected chi connectivity index (χ4v) is 2.72. The number of piperidine rings is 1. The van der Waals surface area contributed by atoms with Gasteiger partial charge in [0.1, 0.15) is 6.61 Å². The van der Waals surface area contributed by atoms with Crippen molar-refractivity contribution in [3.63, 3.8) is 0 Å². The normalized spacial score (nSPS) is 24.1. The molecule has 2 aliphatic rings. The van der Waals surface area contributed by atoms with Gasteiger partial charge >= 0.3 is 5.97 Å². The van der Waals surface area contributed by atoms with Crippen LogP contribution in [0.2, 0.25) is 0 Å². The lowest BCUT2D eigenvalue weighted by molar-refractivity contribution is -0.145. The third kappa shape index (κ3) is 5.99. The van der Waals surface area contributed by atoms with Crippen LogP contribution in [-0.2, 0) is 19.1 Å². The molecule has 0 aromatic heterocycles. The third-order valence-corrected chi connectivity index (χ3v) is 3.90. The number of carbonyl (C=O) groups excluding carboxylic acids is 1. The van der Waals surface area contributed by atoms with Gasteiger partial charge in [-0.25, -0.2) is 4.79 Å². The molecule has 2 aliphatic heterocycles. The first-order chi connectivity index (χ1) is 10.1. The van der Waals surface area contributed by atoms with E-state index in [9.17, 15) is 9.59 Å².